The fourth-order valence-electron chi connectivity index (χ4n) is 2.63. The van der Waals surface area contributed by atoms with E-state index in [2.05, 4.69) is 48.8 Å². The van der Waals surface area contributed by atoms with Crippen molar-refractivity contribution in [2.75, 3.05) is 13.7 Å². The SMILES string of the molecule is CCCNC(CCC(C)OC)Cc1csc2ccccc12. The Morgan fingerprint density at radius 2 is 2.05 bits per heavy atom. The van der Waals surface area contributed by atoms with Crippen molar-refractivity contribution in [1.82, 2.24) is 5.32 Å². The van der Waals surface area contributed by atoms with Gasteiger partial charge in [-0.3, -0.25) is 0 Å². The average Bonchev–Trinajstić information content (AvgIpc) is 2.92. The molecule has 0 fully saturated rings. The van der Waals surface area contributed by atoms with E-state index in [-0.39, 0.29) is 0 Å². The normalized spacial score (nSPS) is 14.4. The van der Waals surface area contributed by atoms with Crippen molar-refractivity contribution in [3.05, 3.63) is 35.2 Å². The van der Waals surface area contributed by atoms with E-state index in [1.165, 1.54) is 28.5 Å². The van der Waals surface area contributed by atoms with Crippen LogP contribution in [0.15, 0.2) is 29.6 Å². The first-order valence-electron chi connectivity index (χ1n) is 7.95. The van der Waals surface area contributed by atoms with E-state index in [9.17, 15) is 0 Å². The number of ether oxygens (including phenoxy) is 1. The Balaban J connectivity index is 2.02. The fraction of sp³-hybridized carbons (Fsp3) is 0.556. The summed E-state index contributed by atoms with van der Waals surface area (Å²) in [5, 5.41) is 7.45. The van der Waals surface area contributed by atoms with Crippen molar-refractivity contribution in [1.29, 1.82) is 0 Å². The molecule has 0 amide bonds. The topological polar surface area (TPSA) is 21.3 Å². The van der Waals surface area contributed by atoms with Crippen molar-refractivity contribution in [2.24, 2.45) is 0 Å². The standard InChI is InChI=1S/C18H27NOS/c1-4-11-19-16(10-9-14(2)20-3)12-15-13-21-18-8-6-5-7-17(15)18/h5-8,13-14,16,19H,4,9-12H2,1-3H3. The number of hydrogen-bond acceptors (Lipinski definition) is 3. The highest BCUT2D eigenvalue weighted by molar-refractivity contribution is 7.17. The minimum absolute atomic E-state index is 0.343. The van der Waals surface area contributed by atoms with Gasteiger partial charge in [-0.15, -0.1) is 11.3 Å². The lowest BCUT2D eigenvalue weighted by Gasteiger charge is -2.20. The van der Waals surface area contributed by atoms with Crippen LogP contribution in [-0.2, 0) is 11.2 Å². The molecule has 1 N–H and O–H groups in total. The molecule has 0 spiro atoms. The van der Waals surface area contributed by atoms with Crippen LogP contribution in [0.2, 0.25) is 0 Å². The Kier molecular flexibility index (Phi) is 6.68. The van der Waals surface area contributed by atoms with Crippen LogP contribution in [0, 0.1) is 0 Å². The van der Waals surface area contributed by atoms with Crippen molar-refractivity contribution >= 4 is 21.4 Å². The van der Waals surface area contributed by atoms with Crippen LogP contribution in [0.1, 0.15) is 38.7 Å². The predicted molar refractivity (Wildman–Crippen MR) is 93.3 cm³/mol. The molecule has 1 aromatic heterocycles. The lowest BCUT2D eigenvalue weighted by Crippen LogP contribution is -2.32. The van der Waals surface area contributed by atoms with E-state index >= 15 is 0 Å². The van der Waals surface area contributed by atoms with Gasteiger partial charge in [-0.25, -0.2) is 0 Å². The van der Waals surface area contributed by atoms with Gasteiger partial charge in [-0.1, -0.05) is 25.1 Å². The van der Waals surface area contributed by atoms with Gasteiger partial charge in [0.25, 0.3) is 0 Å². The number of methoxy groups -OCH3 is 1. The molecule has 2 nitrogen and oxygen atoms in total. The third-order valence-corrected chi connectivity index (χ3v) is 5.05. The van der Waals surface area contributed by atoms with Crippen LogP contribution >= 0.6 is 11.3 Å². The van der Waals surface area contributed by atoms with Gasteiger partial charge in [0.15, 0.2) is 0 Å². The van der Waals surface area contributed by atoms with Gasteiger partial charge in [0.1, 0.15) is 0 Å². The van der Waals surface area contributed by atoms with Gasteiger partial charge < -0.3 is 10.1 Å². The molecule has 0 saturated carbocycles. The summed E-state index contributed by atoms with van der Waals surface area (Å²) in [5.74, 6) is 0. The first-order valence-corrected chi connectivity index (χ1v) is 8.83. The molecule has 2 unspecified atom stereocenters. The maximum atomic E-state index is 5.38. The zero-order chi connectivity index (χ0) is 15.1. The largest absolute Gasteiger partial charge is 0.382 e. The molecule has 116 valence electrons. The Bertz CT molecular complexity index is 537. The molecule has 0 aliphatic carbocycles. The van der Waals surface area contributed by atoms with E-state index in [4.69, 9.17) is 4.74 Å². The molecule has 1 heterocycles. The number of rotatable bonds is 9. The zero-order valence-corrected chi connectivity index (χ0v) is 14.2. The van der Waals surface area contributed by atoms with Gasteiger partial charge in [-0.05, 0) is 61.5 Å². The molecule has 3 heteroatoms. The molecule has 0 radical (unpaired) electrons. The lowest BCUT2D eigenvalue weighted by molar-refractivity contribution is 0.106. The Morgan fingerprint density at radius 1 is 1.24 bits per heavy atom. The zero-order valence-electron chi connectivity index (χ0n) is 13.4. The molecule has 2 atom stereocenters. The summed E-state index contributed by atoms with van der Waals surface area (Å²) in [5.41, 5.74) is 1.48. The van der Waals surface area contributed by atoms with Crippen LogP contribution in [-0.4, -0.2) is 25.8 Å². The van der Waals surface area contributed by atoms with E-state index in [0.717, 1.165) is 19.4 Å². The molecule has 2 aromatic rings. The summed E-state index contributed by atoms with van der Waals surface area (Å²) in [6.45, 7) is 5.47. The monoisotopic (exact) mass is 305 g/mol. The van der Waals surface area contributed by atoms with E-state index < -0.39 is 0 Å². The van der Waals surface area contributed by atoms with E-state index in [0.29, 0.717) is 12.1 Å². The lowest BCUT2D eigenvalue weighted by atomic mass is 9.99. The second-order valence-corrected chi connectivity index (χ2v) is 6.65. The Morgan fingerprint density at radius 3 is 2.81 bits per heavy atom. The number of hydrogen-bond donors (Lipinski definition) is 1. The quantitative estimate of drug-likeness (QED) is 0.729. The first-order chi connectivity index (χ1) is 10.2. The second-order valence-electron chi connectivity index (χ2n) is 5.74. The second kappa shape index (κ2) is 8.52. The summed E-state index contributed by atoms with van der Waals surface area (Å²) in [4.78, 5) is 0. The summed E-state index contributed by atoms with van der Waals surface area (Å²) in [6, 6.07) is 9.26. The maximum Gasteiger partial charge on any atom is 0.0543 e. The Labute approximate surface area is 132 Å². The smallest absolute Gasteiger partial charge is 0.0543 e. The summed E-state index contributed by atoms with van der Waals surface area (Å²) in [7, 11) is 1.80. The predicted octanol–water partition coefficient (Wildman–Crippen LogP) is 4.63. The third-order valence-electron chi connectivity index (χ3n) is 4.03. The summed E-state index contributed by atoms with van der Waals surface area (Å²) in [6.07, 6.45) is 4.91. The van der Waals surface area contributed by atoms with E-state index in [1.807, 2.05) is 11.3 Å². The van der Waals surface area contributed by atoms with Crippen LogP contribution < -0.4 is 5.32 Å². The molecule has 0 bridgehead atoms. The summed E-state index contributed by atoms with van der Waals surface area (Å²) >= 11 is 1.86. The van der Waals surface area contributed by atoms with Crippen LogP contribution in [0.25, 0.3) is 10.1 Å². The van der Waals surface area contributed by atoms with Crippen molar-refractivity contribution in [3.63, 3.8) is 0 Å². The van der Waals surface area contributed by atoms with E-state index in [1.54, 1.807) is 7.11 Å². The van der Waals surface area contributed by atoms with Crippen LogP contribution in [0.3, 0.4) is 0 Å². The highest BCUT2D eigenvalue weighted by Gasteiger charge is 2.13. The molecule has 0 saturated heterocycles. The van der Waals surface area contributed by atoms with Crippen molar-refractivity contribution in [2.45, 2.75) is 51.7 Å². The maximum absolute atomic E-state index is 5.38. The van der Waals surface area contributed by atoms with Gasteiger partial charge in [-0.2, -0.15) is 0 Å². The van der Waals surface area contributed by atoms with Gasteiger partial charge in [0, 0.05) is 17.9 Å². The van der Waals surface area contributed by atoms with Gasteiger partial charge in [0.2, 0.25) is 0 Å². The van der Waals surface area contributed by atoms with Crippen molar-refractivity contribution in [3.8, 4) is 0 Å². The minimum Gasteiger partial charge on any atom is -0.382 e. The number of thiophene rings is 1. The molecule has 0 aliphatic heterocycles. The number of fused-ring (bicyclic) bond motifs is 1. The number of benzene rings is 1. The van der Waals surface area contributed by atoms with Crippen LogP contribution in [0.4, 0.5) is 0 Å². The fourth-order valence-corrected chi connectivity index (χ4v) is 3.61. The molecular weight excluding hydrogens is 278 g/mol. The molecular formula is C18H27NOS. The number of nitrogens with one attached hydrogen (secondary N) is 1. The third kappa shape index (κ3) is 4.80. The average molecular weight is 305 g/mol. The van der Waals surface area contributed by atoms with Crippen molar-refractivity contribution < 1.29 is 4.74 Å². The highest BCUT2D eigenvalue weighted by Crippen LogP contribution is 2.27. The molecule has 0 aliphatic rings. The highest BCUT2D eigenvalue weighted by atomic mass is 32.1. The van der Waals surface area contributed by atoms with Gasteiger partial charge >= 0.3 is 0 Å². The Hall–Kier alpha value is -0.900. The molecule has 21 heavy (non-hydrogen) atoms. The molecule has 2 rings (SSSR count). The first kappa shape index (κ1) is 16.5. The summed E-state index contributed by atoms with van der Waals surface area (Å²) < 4.78 is 6.78. The van der Waals surface area contributed by atoms with Crippen LogP contribution in [0.5, 0.6) is 0 Å². The molecule has 1 aromatic carbocycles. The van der Waals surface area contributed by atoms with Gasteiger partial charge in [0.05, 0.1) is 6.10 Å². The minimum atomic E-state index is 0.343.